The van der Waals surface area contributed by atoms with E-state index in [9.17, 15) is 8.42 Å². The van der Waals surface area contributed by atoms with Crippen LogP contribution in [-0.2, 0) is 23.1 Å². The largest absolute Gasteiger partial charge is 0.459 e. The fraction of sp³-hybridized carbons (Fsp3) is 0.0800. The van der Waals surface area contributed by atoms with E-state index >= 15 is 0 Å². The maximum atomic E-state index is 13.5. The summed E-state index contributed by atoms with van der Waals surface area (Å²) in [5.41, 5.74) is 1.34. The molecule has 3 aromatic carbocycles. The first-order valence-corrected chi connectivity index (χ1v) is 13.2. The topological polar surface area (TPSA) is 62.9 Å². The van der Waals surface area contributed by atoms with Crippen LogP contribution in [0, 0.1) is 0 Å². The summed E-state index contributed by atoms with van der Waals surface area (Å²) in [7, 11) is -3.90. The van der Waals surface area contributed by atoms with E-state index in [2.05, 4.69) is 4.99 Å². The third-order valence-electron chi connectivity index (χ3n) is 4.96. The first-order valence-electron chi connectivity index (χ1n) is 10.3. The second-order valence-electron chi connectivity index (χ2n) is 7.52. The van der Waals surface area contributed by atoms with Gasteiger partial charge in [0.15, 0.2) is 0 Å². The van der Waals surface area contributed by atoms with Crippen molar-refractivity contribution in [2.24, 2.45) is 4.99 Å². The van der Waals surface area contributed by atoms with E-state index in [1.165, 1.54) is 28.6 Å². The van der Waals surface area contributed by atoms with Gasteiger partial charge in [0.1, 0.15) is 11.5 Å². The summed E-state index contributed by atoms with van der Waals surface area (Å²) in [6.45, 7) is 0.0324. The van der Waals surface area contributed by atoms with Gasteiger partial charge in [-0.25, -0.2) is 8.42 Å². The monoisotopic (exact) mass is 566 g/mol. The molecule has 1 heterocycles. The molecule has 0 aliphatic heterocycles. The summed E-state index contributed by atoms with van der Waals surface area (Å²) in [5, 5.41) is 1.74. The highest BCUT2D eigenvalue weighted by Crippen LogP contribution is 2.27. The Balaban J connectivity index is 1.61. The first-order chi connectivity index (χ1) is 16.7. The quantitative estimate of drug-likeness (QED) is 0.202. The Kier molecular flexibility index (Phi) is 8.22. The average molecular weight is 568 g/mol. The van der Waals surface area contributed by atoms with Crippen LogP contribution in [0.1, 0.15) is 17.1 Å². The molecule has 0 unspecified atom stereocenters. The predicted octanol–water partition coefficient (Wildman–Crippen LogP) is 8.03. The minimum atomic E-state index is -3.90. The molecule has 4 rings (SSSR count). The van der Waals surface area contributed by atoms with Crippen LogP contribution in [-0.4, -0.2) is 18.9 Å². The van der Waals surface area contributed by atoms with Gasteiger partial charge in [-0.05, 0) is 72.3 Å². The first kappa shape index (κ1) is 25.8. The van der Waals surface area contributed by atoms with Gasteiger partial charge in [-0.2, -0.15) is 4.31 Å². The van der Waals surface area contributed by atoms with E-state index in [0.29, 0.717) is 42.9 Å². The number of hydrogen-bond acceptors (Lipinski definition) is 4. The number of aliphatic imine (C=N–C) groups is 1. The van der Waals surface area contributed by atoms with Crippen molar-refractivity contribution in [2.75, 3.05) is 0 Å². The molecule has 0 bridgehead atoms. The van der Waals surface area contributed by atoms with Crippen LogP contribution >= 0.6 is 46.4 Å². The zero-order chi connectivity index (χ0) is 25.0. The van der Waals surface area contributed by atoms with E-state index < -0.39 is 10.0 Å². The Hall–Kier alpha value is -2.32. The SMILES string of the molecule is O=S(=O)(c1ccc(Cl)cc1)N(Cc1ccc(Cl)c(Cl)c1)Cc1ccc(C=Nc2cccc(Cl)c2)o1. The smallest absolute Gasteiger partial charge is 0.243 e. The van der Waals surface area contributed by atoms with Crippen LogP contribution in [0.3, 0.4) is 0 Å². The van der Waals surface area contributed by atoms with Crippen molar-refractivity contribution in [1.82, 2.24) is 4.31 Å². The molecule has 0 aliphatic rings. The van der Waals surface area contributed by atoms with Gasteiger partial charge in [-0.15, -0.1) is 0 Å². The molecule has 0 saturated heterocycles. The molecule has 5 nitrogen and oxygen atoms in total. The summed E-state index contributed by atoms with van der Waals surface area (Å²) < 4.78 is 34.1. The zero-order valence-corrected chi connectivity index (χ0v) is 21.9. The summed E-state index contributed by atoms with van der Waals surface area (Å²) >= 11 is 24.1. The Morgan fingerprint density at radius 1 is 0.800 bits per heavy atom. The highest BCUT2D eigenvalue weighted by atomic mass is 35.5. The lowest BCUT2D eigenvalue weighted by molar-refractivity contribution is 0.357. The lowest BCUT2D eigenvalue weighted by atomic mass is 10.2. The van der Waals surface area contributed by atoms with E-state index in [1.807, 2.05) is 6.07 Å². The van der Waals surface area contributed by atoms with Crippen molar-refractivity contribution in [1.29, 1.82) is 0 Å². The number of furan rings is 1. The highest BCUT2D eigenvalue weighted by Gasteiger charge is 2.26. The second-order valence-corrected chi connectivity index (χ2v) is 11.1. The van der Waals surface area contributed by atoms with Gasteiger partial charge >= 0.3 is 0 Å². The minimum Gasteiger partial charge on any atom is -0.459 e. The molecule has 0 aliphatic carbocycles. The number of nitrogens with zero attached hydrogens (tertiary/aromatic N) is 2. The van der Waals surface area contributed by atoms with Gasteiger partial charge in [0.05, 0.1) is 33.4 Å². The van der Waals surface area contributed by atoms with Crippen molar-refractivity contribution in [3.05, 3.63) is 116 Å². The van der Waals surface area contributed by atoms with Crippen LogP contribution < -0.4 is 0 Å². The van der Waals surface area contributed by atoms with Gasteiger partial charge in [0.2, 0.25) is 10.0 Å². The lowest BCUT2D eigenvalue weighted by Gasteiger charge is -2.22. The number of sulfonamides is 1. The molecule has 0 spiro atoms. The van der Waals surface area contributed by atoms with Crippen molar-refractivity contribution in [3.8, 4) is 0 Å². The highest BCUT2D eigenvalue weighted by molar-refractivity contribution is 7.89. The molecule has 0 saturated carbocycles. The minimum absolute atomic E-state index is 0.0176. The normalized spacial score (nSPS) is 12.0. The molecule has 0 atom stereocenters. The second kappa shape index (κ2) is 11.2. The third-order valence-corrected chi connectivity index (χ3v) is 7.99. The number of hydrogen-bond donors (Lipinski definition) is 0. The Labute approximate surface area is 223 Å². The average Bonchev–Trinajstić information content (AvgIpc) is 3.27. The Bertz CT molecular complexity index is 1470. The van der Waals surface area contributed by atoms with Crippen molar-refractivity contribution in [2.45, 2.75) is 18.0 Å². The van der Waals surface area contributed by atoms with E-state index in [1.54, 1.807) is 54.7 Å². The van der Waals surface area contributed by atoms with Crippen LogP contribution in [0.25, 0.3) is 0 Å². The fourth-order valence-corrected chi connectivity index (χ4v) is 5.27. The standard InChI is InChI=1S/C25H18Cl4N2O3S/c26-18-5-9-23(10-6-18)35(32,33)31(15-17-4-11-24(28)25(29)12-17)16-22-8-7-21(34-22)14-30-20-3-1-2-19(27)13-20/h1-14H,15-16H2. The van der Waals surface area contributed by atoms with Crippen LogP contribution in [0.4, 0.5) is 5.69 Å². The molecule has 35 heavy (non-hydrogen) atoms. The molecular formula is C25H18Cl4N2O3S. The Morgan fingerprint density at radius 2 is 1.57 bits per heavy atom. The van der Waals surface area contributed by atoms with Gasteiger partial charge in [-0.1, -0.05) is 58.5 Å². The van der Waals surface area contributed by atoms with Crippen molar-refractivity contribution in [3.63, 3.8) is 0 Å². The third kappa shape index (κ3) is 6.67. The number of halogens is 4. The van der Waals surface area contributed by atoms with Gasteiger partial charge < -0.3 is 4.42 Å². The Morgan fingerprint density at radius 3 is 2.29 bits per heavy atom. The van der Waals surface area contributed by atoms with E-state index in [0.717, 1.165) is 0 Å². The van der Waals surface area contributed by atoms with Crippen LogP contribution in [0.2, 0.25) is 20.1 Å². The summed E-state index contributed by atoms with van der Waals surface area (Å²) in [6, 6.07) is 21.5. The lowest BCUT2D eigenvalue weighted by Crippen LogP contribution is -2.30. The molecular weight excluding hydrogens is 550 g/mol. The van der Waals surface area contributed by atoms with Crippen LogP contribution in [0.15, 0.2) is 93.2 Å². The summed E-state index contributed by atoms with van der Waals surface area (Å²) in [6.07, 6.45) is 1.55. The molecule has 1 aromatic heterocycles. The molecule has 0 amide bonds. The summed E-state index contributed by atoms with van der Waals surface area (Å²) in [4.78, 5) is 4.45. The van der Waals surface area contributed by atoms with Gasteiger partial charge in [0, 0.05) is 16.6 Å². The molecule has 0 radical (unpaired) electrons. The van der Waals surface area contributed by atoms with E-state index in [4.69, 9.17) is 50.8 Å². The molecule has 10 heteroatoms. The molecule has 0 N–H and O–H groups in total. The number of benzene rings is 3. The van der Waals surface area contributed by atoms with Gasteiger partial charge in [-0.3, -0.25) is 4.99 Å². The van der Waals surface area contributed by atoms with Gasteiger partial charge in [0.25, 0.3) is 0 Å². The van der Waals surface area contributed by atoms with Crippen molar-refractivity contribution >= 4 is 68.3 Å². The molecule has 180 valence electrons. The molecule has 0 fully saturated rings. The maximum absolute atomic E-state index is 13.5. The van der Waals surface area contributed by atoms with E-state index in [-0.39, 0.29) is 18.0 Å². The van der Waals surface area contributed by atoms with Crippen LogP contribution in [0.5, 0.6) is 0 Å². The van der Waals surface area contributed by atoms with Crippen molar-refractivity contribution < 1.29 is 12.8 Å². The fourth-order valence-electron chi connectivity index (χ4n) is 3.24. The maximum Gasteiger partial charge on any atom is 0.243 e. The summed E-state index contributed by atoms with van der Waals surface area (Å²) in [5.74, 6) is 0.911. The molecule has 4 aromatic rings. The number of rotatable bonds is 8. The zero-order valence-electron chi connectivity index (χ0n) is 18.0. The predicted molar refractivity (Wildman–Crippen MR) is 142 cm³/mol.